The number of amidine groups is 1. The van der Waals surface area contributed by atoms with E-state index in [0.717, 1.165) is 6.42 Å². The monoisotopic (exact) mass is 474 g/mol. The standard InChI is InChI=1S/C19H24BrFN2O4S/c1-17(2,3)27-16(24)22-15-19(8-5-9-19)28(25,26)11-18(4,23-15)13-10-12(20)6-7-14(13)21/h6-7,10H,5,8-9,11H2,1-4H3,(H,22,23,24)/t18-/m0/s1. The summed E-state index contributed by atoms with van der Waals surface area (Å²) in [6.07, 6.45) is 0.699. The molecule has 1 N–H and O–H groups in total. The highest BCUT2D eigenvalue weighted by Gasteiger charge is 2.59. The Bertz CT molecular complexity index is 951. The van der Waals surface area contributed by atoms with E-state index in [0.29, 0.717) is 17.3 Å². The fourth-order valence-electron chi connectivity index (χ4n) is 3.67. The van der Waals surface area contributed by atoms with Gasteiger partial charge in [-0.2, -0.15) is 0 Å². The number of sulfone groups is 1. The number of ether oxygens (including phenoxy) is 1. The summed E-state index contributed by atoms with van der Waals surface area (Å²) in [7, 11) is -3.69. The molecular formula is C19H24BrFN2O4S. The lowest BCUT2D eigenvalue weighted by Crippen LogP contribution is -2.64. The van der Waals surface area contributed by atoms with Crippen LogP contribution in [0.1, 0.15) is 52.5 Å². The molecule has 1 spiro atoms. The lowest BCUT2D eigenvalue weighted by atomic mass is 9.82. The molecule has 1 aliphatic heterocycles. The first-order chi connectivity index (χ1) is 12.8. The highest BCUT2D eigenvalue weighted by molar-refractivity contribution is 9.10. The van der Waals surface area contributed by atoms with Crippen LogP contribution in [0, 0.1) is 5.82 Å². The van der Waals surface area contributed by atoms with Crippen LogP contribution < -0.4 is 5.32 Å². The predicted octanol–water partition coefficient (Wildman–Crippen LogP) is 4.08. The predicted molar refractivity (Wildman–Crippen MR) is 109 cm³/mol. The number of nitrogens with zero attached hydrogens (tertiary/aromatic N) is 1. The normalized spacial score (nSPS) is 25.6. The highest BCUT2D eigenvalue weighted by atomic mass is 79.9. The van der Waals surface area contributed by atoms with Gasteiger partial charge in [0.1, 0.15) is 27.5 Å². The fourth-order valence-corrected chi connectivity index (χ4v) is 6.57. The van der Waals surface area contributed by atoms with Gasteiger partial charge >= 0.3 is 6.09 Å². The van der Waals surface area contributed by atoms with Crippen LogP contribution in [0.4, 0.5) is 9.18 Å². The number of benzene rings is 1. The lowest BCUT2D eigenvalue weighted by Gasteiger charge is -2.47. The Morgan fingerprint density at radius 3 is 2.50 bits per heavy atom. The van der Waals surface area contributed by atoms with Crippen LogP contribution in [0.2, 0.25) is 0 Å². The SMILES string of the molecule is CC(C)(C)OC(=O)NC1=N[C@](C)(c2cc(Br)ccc2F)CS(=O)(=O)C12CCC2. The molecule has 3 rings (SSSR count). The van der Waals surface area contributed by atoms with Crippen LogP contribution in [-0.2, 0) is 20.1 Å². The van der Waals surface area contributed by atoms with E-state index in [1.807, 2.05) is 0 Å². The first-order valence-corrected chi connectivity index (χ1v) is 11.5. The van der Waals surface area contributed by atoms with Crippen LogP contribution in [-0.4, -0.2) is 36.4 Å². The number of rotatable bonds is 1. The number of nitrogens with one attached hydrogen (secondary N) is 1. The summed E-state index contributed by atoms with van der Waals surface area (Å²) in [5, 5.41) is 2.56. The molecule has 2 aliphatic rings. The van der Waals surface area contributed by atoms with Gasteiger partial charge in [0, 0.05) is 10.0 Å². The maximum absolute atomic E-state index is 14.6. The van der Waals surface area contributed by atoms with E-state index in [9.17, 15) is 17.6 Å². The molecule has 1 saturated carbocycles. The van der Waals surface area contributed by atoms with Crippen molar-refractivity contribution in [2.24, 2.45) is 4.99 Å². The largest absolute Gasteiger partial charge is 0.444 e. The van der Waals surface area contributed by atoms with Crippen LogP contribution in [0.15, 0.2) is 27.7 Å². The van der Waals surface area contributed by atoms with Crippen molar-refractivity contribution < 1.29 is 22.3 Å². The summed E-state index contributed by atoms with van der Waals surface area (Å²) < 4.78 is 45.7. The van der Waals surface area contributed by atoms with Gasteiger partial charge in [-0.05, 0) is 65.2 Å². The summed E-state index contributed by atoms with van der Waals surface area (Å²) in [6, 6.07) is 4.33. The zero-order valence-electron chi connectivity index (χ0n) is 16.3. The van der Waals surface area contributed by atoms with Crippen LogP contribution in [0.25, 0.3) is 0 Å². The zero-order valence-corrected chi connectivity index (χ0v) is 18.7. The quantitative estimate of drug-likeness (QED) is 0.664. The Balaban J connectivity index is 2.10. The molecule has 0 aromatic heterocycles. The number of hydrogen-bond donors (Lipinski definition) is 1. The Morgan fingerprint density at radius 1 is 1.32 bits per heavy atom. The van der Waals surface area contributed by atoms with Gasteiger partial charge in [-0.15, -0.1) is 0 Å². The smallest absolute Gasteiger partial charge is 0.413 e. The number of halogens is 2. The molecule has 9 heteroatoms. The molecule has 1 aromatic carbocycles. The van der Waals surface area contributed by atoms with Gasteiger partial charge in [0.15, 0.2) is 9.84 Å². The molecule has 1 aliphatic carbocycles. The van der Waals surface area contributed by atoms with E-state index >= 15 is 0 Å². The Labute approximate surface area is 173 Å². The minimum Gasteiger partial charge on any atom is -0.444 e. The number of hydrogen-bond acceptors (Lipinski definition) is 5. The molecular weight excluding hydrogens is 451 g/mol. The minimum absolute atomic E-state index is 0.0427. The molecule has 1 aromatic rings. The molecule has 28 heavy (non-hydrogen) atoms. The second kappa shape index (κ2) is 6.79. The van der Waals surface area contributed by atoms with Crippen molar-refractivity contribution in [1.29, 1.82) is 0 Å². The third-order valence-electron chi connectivity index (χ3n) is 5.15. The second-order valence-electron chi connectivity index (χ2n) is 8.59. The second-order valence-corrected chi connectivity index (χ2v) is 11.8. The average molecular weight is 475 g/mol. The molecule has 1 atom stereocenters. The van der Waals surface area contributed by atoms with Gasteiger partial charge in [0.2, 0.25) is 0 Å². The molecule has 154 valence electrons. The van der Waals surface area contributed by atoms with E-state index < -0.39 is 37.6 Å². The van der Waals surface area contributed by atoms with Gasteiger partial charge in [-0.25, -0.2) is 17.6 Å². The Hall–Kier alpha value is -1.48. The summed E-state index contributed by atoms with van der Waals surface area (Å²) in [6.45, 7) is 6.71. The molecule has 1 amide bonds. The van der Waals surface area contributed by atoms with Gasteiger partial charge in [0.05, 0.1) is 5.75 Å². The van der Waals surface area contributed by atoms with Crippen LogP contribution in [0.5, 0.6) is 0 Å². The molecule has 1 fully saturated rings. The van der Waals surface area contributed by atoms with E-state index in [2.05, 4.69) is 26.2 Å². The van der Waals surface area contributed by atoms with Crippen molar-refractivity contribution in [3.05, 3.63) is 34.1 Å². The first kappa shape index (κ1) is 21.2. The molecule has 0 bridgehead atoms. The van der Waals surface area contributed by atoms with E-state index in [4.69, 9.17) is 4.74 Å². The van der Waals surface area contributed by atoms with Crippen molar-refractivity contribution in [2.45, 2.75) is 62.8 Å². The number of aliphatic imine (C=N–C) groups is 1. The van der Waals surface area contributed by atoms with Gasteiger partial charge in [-0.1, -0.05) is 15.9 Å². The van der Waals surface area contributed by atoms with Gasteiger partial charge in [0.25, 0.3) is 0 Å². The van der Waals surface area contributed by atoms with E-state index in [1.165, 1.54) is 18.2 Å². The first-order valence-electron chi connectivity index (χ1n) is 9.06. The number of carbonyl (C=O) groups excluding carboxylic acids is 1. The molecule has 0 unspecified atom stereocenters. The molecule has 0 radical (unpaired) electrons. The average Bonchev–Trinajstić information content (AvgIpc) is 2.44. The third kappa shape index (κ3) is 3.70. The van der Waals surface area contributed by atoms with Crippen molar-refractivity contribution in [2.75, 3.05) is 5.75 Å². The van der Waals surface area contributed by atoms with Crippen LogP contribution >= 0.6 is 15.9 Å². The lowest BCUT2D eigenvalue weighted by molar-refractivity contribution is 0.0559. The Kier molecular flexibility index (Phi) is 5.15. The van der Waals surface area contributed by atoms with Crippen molar-refractivity contribution >= 4 is 37.7 Å². The van der Waals surface area contributed by atoms with Crippen molar-refractivity contribution in [1.82, 2.24) is 5.32 Å². The summed E-state index contributed by atoms with van der Waals surface area (Å²) in [4.78, 5) is 16.9. The fraction of sp³-hybridized carbons (Fsp3) is 0.579. The number of amides is 1. The minimum atomic E-state index is -3.69. The summed E-state index contributed by atoms with van der Waals surface area (Å²) >= 11 is 3.30. The maximum atomic E-state index is 14.6. The number of carbonyl (C=O) groups is 1. The number of alkyl carbamates (subject to hydrolysis) is 1. The highest BCUT2D eigenvalue weighted by Crippen LogP contribution is 2.47. The summed E-state index contributed by atoms with van der Waals surface area (Å²) in [5.74, 6) is -0.834. The van der Waals surface area contributed by atoms with Gasteiger partial charge < -0.3 is 4.74 Å². The third-order valence-corrected chi connectivity index (χ3v) is 8.37. The molecule has 1 heterocycles. The molecule has 6 nitrogen and oxygen atoms in total. The Morgan fingerprint density at radius 2 is 1.96 bits per heavy atom. The van der Waals surface area contributed by atoms with Crippen molar-refractivity contribution in [3.8, 4) is 0 Å². The van der Waals surface area contributed by atoms with Gasteiger partial charge in [-0.3, -0.25) is 10.3 Å². The molecule has 0 saturated heterocycles. The van der Waals surface area contributed by atoms with E-state index in [1.54, 1.807) is 27.7 Å². The van der Waals surface area contributed by atoms with E-state index in [-0.39, 0.29) is 17.2 Å². The van der Waals surface area contributed by atoms with Crippen molar-refractivity contribution in [3.63, 3.8) is 0 Å². The maximum Gasteiger partial charge on any atom is 0.413 e. The van der Waals surface area contributed by atoms with Crippen LogP contribution in [0.3, 0.4) is 0 Å². The summed E-state index contributed by atoms with van der Waals surface area (Å²) in [5.41, 5.74) is -1.95. The zero-order chi connectivity index (χ0) is 21.0. The topological polar surface area (TPSA) is 84.8 Å².